The monoisotopic (exact) mass is 841 g/mol. The van der Waals surface area contributed by atoms with Gasteiger partial charge in [-0.3, -0.25) is 9.59 Å². The summed E-state index contributed by atoms with van der Waals surface area (Å²) >= 11 is 1.68. The number of carbonyl (C=O) groups excluding carboxylic acids is 2. The molecule has 1 heterocycles. The number of anilines is 2. The fraction of sp³-hybridized carbons (Fsp3) is 0.283. The van der Waals surface area contributed by atoms with Crippen LogP contribution in [0, 0.1) is 18.7 Å². The summed E-state index contributed by atoms with van der Waals surface area (Å²) < 4.78 is 64.4. The number of ether oxygens (including phenoxy) is 2. The maximum Gasteiger partial charge on any atom is 0.416 e. The molecule has 1 fully saturated rings. The fourth-order valence-corrected chi connectivity index (χ4v) is 8.06. The number of amides is 1. The highest BCUT2D eigenvalue weighted by atomic mass is 32.2. The van der Waals surface area contributed by atoms with Crippen LogP contribution in [-0.2, 0) is 40.7 Å². The molecule has 14 heteroatoms. The zero-order chi connectivity index (χ0) is 42.8. The van der Waals surface area contributed by atoms with Crippen molar-refractivity contribution < 1.29 is 36.6 Å². The van der Waals surface area contributed by atoms with E-state index >= 15 is 0 Å². The van der Waals surface area contributed by atoms with Gasteiger partial charge in [-0.2, -0.15) is 13.2 Å². The number of nitrogens with one attached hydrogen (secondary N) is 2. The third kappa shape index (κ3) is 11.2. The van der Waals surface area contributed by atoms with Crippen LogP contribution in [0.5, 0.6) is 5.75 Å². The van der Waals surface area contributed by atoms with Gasteiger partial charge in [-0.25, -0.2) is 9.37 Å². The molecular weight excluding hydrogens is 795 g/mol. The Hall–Kier alpha value is -5.86. The third-order valence-corrected chi connectivity index (χ3v) is 11.6. The molecule has 0 saturated heterocycles. The molecule has 2 N–H and O–H groups in total. The number of aryl methyl sites for hydroxylation is 2. The topological polar surface area (TPSA) is 97.7 Å². The summed E-state index contributed by atoms with van der Waals surface area (Å²) in [4.78, 5) is 29.3. The van der Waals surface area contributed by atoms with Gasteiger partial charge in [0.2, 0.25) is 6.41 Å². The van der Waals surface area contributed by atoms with Crippen molar-refractivity contribution >= 4 is 46.7 Å². The second kappa shape index (κ2) is 19.9. The lowest BCUT2D eigenvalue weighted by Gasteiger charge is -2.36. The van der Waals surface area contributed by atoms with Crippen LogP contribution in [0.15, 0.2) is 120 Å². The van der Waals surface area contributed by atoms with Gasteiger partial charge in [0.05, 0.1) is 35.3 Å². The van der Waals surface area contributed by atoms with Crippen molar-refractivity contribution in [2.75, 3.05) is 23.8 Å². The van der Waals surface area contributed by atoms with Crippen LogP contribution in [0.1, 0.15) is 53.3 Å². The molecule has 60 heavy (non-hydrogen) atoms. The van der Waals surface area contributed by atoms with Crippen LogP contribution in [0.2, 0.25) is 0 Å². The molecule has 0 spiro atoms. The molecule has 1 aliphatic carbocycles. The van der Waals surface area contributed by atoms with Gasteiger partial charge in [-0.15, -0.1) is 0 Å². The average molecular weight is 842 g/mol. The summed E-state index contributed by atoms with van der Waals surface area (Å²) in [5.74, 6) is 0.507. The number of carbonyl (C=O) groups is 2. The quantitative estimate of drug-likeness (QED) is 0.0514. The van der Waals surface area contributed by atoms with Gasteiger partial charge >= 0.3 is 12.1 Å². The molecule has 6 aromatic rings. The molecule has 0 aliphatic heterocycles. The van der Waals surface area contributed by atoms with Gasteiger partial charge in [0, 0.05) is 37.3 Å². The Morgan fingerprint density at radius 1 is 0.950 bits per heavy atom. The van der Waals surface area contributed by atoms with E-state index in [1.54, 1.807) is 19.1 Å². The van der Waals surface area contributed by atoms with Crippen LogP contribution in [-0.4, -0.2) is 42.1 Å². The number of halogens is 4. The Bertz CT molecular complexity index is 2360. The molecule has 1 saturated carbocycles. The molecule has 2 unspecified atom stereocenters. The first kappa shape index (κ1) is 43.7. The summed E-state index contributed by atoms with van der Waals surface area (Å²) in [6.07, 6.45) is -1.82. The predicted molar refractivity (Wildman–Crippen MR) is 227 cm³/mol. The van der Waals surface area contributed by atoms with Gasteiger partial charge in [0.25, 0.3) is 0 Å². The van der Waals surface area contributed by atoms with Crippen LogP contribution in [0.25, 0.3) is 11.0 Å². The van der Waals surface area contributed by atoms with Crippen LogP contribution < -0.4 is 19.7 Å². The summed E-state index contributed by atoms with van der Waals surface area (Å²) in [6, 6.07) is 35.4. The molecule has 314 valence electrons. The first-order chi connectivity index (χ1) is 28.8. The Morgan fingerprint density at radius 3 is 2.35 bits per heavy atom. The third-order valence-electron chi connectivity index (χ3n) is 10.6. The Labute approximate surface area is 351 Å². The molecule has 0 bridgehead atoms. The first-order valence-corrected chi connectivity index (χ1v) is 20.2. The lowest BCUT2D eigenvalue weighted by atomic mass is 9.73. The number of nitrogens with zero attached hydrogens (tertiary/aromatic N) is 3. The van der Waals surface area contributed by atoms with Gasteiger partial charge < -0.3 is 29.0 Å². The van der Waals surface area contributed by atoms with Crippen molar-refractivity contribution in [2.24, 2.45) is 13.0 Å². The van der Waals surface area contributed by atoms with Crippen molar-refractivity contribution in [1.82, 2.24) is 14.9 Å². The highest BCUT2D eigenvalue weighted by Gasteiger charge is 2.37. The Kier molecular flexibility index (Phi) is 14.5. The van der Waals surface area contributed by atoms with E-state index in [1.807, 2.05) is 61.8 Å². The molecular formula is C46H47F4N5O4S. The van der Waals surface area contributed by atoms with E-state index in [-0.39, 0.29) is 29.9 Å². The number of alkyl halides is 3. The standard InChI is InChI=1S/C38H42N4O3S.C8H5F4NO/c1-26-40-36-23-33(19-21-37(36)41(26)2)46-42(3)31-15-12-29(13-16-31)35-22-30(39-24-27-10-17-32(44-4)18-11-27)14-20-34(35)38(43)45-25-28-8-6-5-7-9-28;9-6-3-5(8(10,11)12)1-2-7(6)13-4-14/h5-13,15-19,21,23,30,34-35,39H,14,20,22,24-25H2,1-4H3;1-4H,(H,13,14)/t30?,34?,35-;/m0./s1. The number of fused-ring (bicyclic) bond motifs is 1. The smallest absolute Gasteiger partial charge is 0.416 e. The number of imidazole rings is 1. The molecule has 1 aliphatic rings. The van der Waals surface area contributed by atoms with E-state index in [0.717, 1.165) is 70.6 Å². The van der Waals surface area contributed by atoms with Crippen molar-refractivity contribution in [1.29, 1.82) is 0 Å². The first-order valence-electron chi connectivity index (χ1n) is 19.4. The van der Waals surface area contributed by atoms with E-state index in [1.165, 1.54) is 11.1 Å². The maximum atomic E-state index is 13.5. The molecule has 7 rings (SSSR count). The highest BCUT2D eigenvalue weighted by molar-refractivity contribution is 8.00. The number of hydrogen-bond acceptors (Lipinski definition) is 8. The van der Waals surface area contributed by atoms with Crippen LogP contribution >= 0.6 is 11.9 Å². The van der Waals surface area contributed by atoms with E-state index in [4.69, 9.17) is 14.5 Å². The number of esters is 1. The number of rotatable bonds is 13. The molecule has 9 nitrogen and oxygen atoms in total. The fourth-order valence-electron chi connectivity index (χ4n) is 7.22. The van der Waals surface area contributed by atoms with Crippen LogP contribution in [0.4, 0.5) is 28.9 Å². The summed E-state index contributed by atoms with van der Waals surface area (Å²) in [6.45, 7) is 3.10. The van der Waals surface area contributed by atoms with E-state index in [2.05, 4.69) is 75.8 Å². The van der Waals surface area contributed by atoms with Gasteiger partial charge in [-0.05, 0) is 121 Å². The molecule has 1 aromatic heterocycles. The van der Waals surface area contributed by atoms with Crippen molar-refractivity contribution in [3.8, 4) is 5.75 Å². The minimum Gasteiger partial charge on any atom is -0.497 e. The highest BCUT2D eigenvalue weighted by Crippen LogP contribution is 2.40. The largest absolute Gasteiger partial charge is 0.497 e. The predicted octanol–water partition coefficient (Wildman–Crippen LogP) is 10.2. The van der Waals surface area contributed by atoms with E-state index in [0.29, 0.717) is 24.8 Å². The Balaban J connectivity index is 0.000000367. The minimum absolute atomic E-state index is 0.0622. The second-order valence-electron chi connectivity index (χ2n) is 14.5. The van der Waals surface area contributed by atoms with E-state index in [9.17, 15) is 27.2 Å². The molecule has 1 amide bonds. The average Bonchev–Trinajstić information content (AvgIpc) is 3.54. The Morgan fingerprint density at radius 2 is 1.68 bits per heavy atom. The minimum atomic E-state index is -4.58. The SMILES string of the molecule is COc1ccc(CNC2CCC(C(=O)OCc3ccccc3)[C@H](c3ccc(N(C)Sc4ccc5c(c4)nc(C)n5C)cc3)C2)cc1.O=CNc1ccc(C(F)(F)F)cc1F. The maximum absolute atomic E-state index is 13.5. The lowest BCUT2D eigenvalue weighted by Crippen LogP contribution is -2.39. The van der Waals surface area contributed by atoms with E-state index < -0.39 is 17.6 Å². The molecule has 0 radical (unpaired) electrons. The van der Waals surface area contributed by atoms with Crippen molar-refractivity contribution in [3.05, 3.63) is 149 Å². The number of benzene rings is 5. The molecule has 3 atom stereocenters. The van der Waals surface area contributed by atoms with Gasteiger partial charge in [0.15, 0.2) is 0 Å². The van der Waals surface area contributed by atoms with Crippen LogP contribution in [0.3, 0.4) is 0 Å². The number of aromatic nitrogens is 2. The summed E-state index contributed by atoms with van der Waals surface area (Å²) in [5, 5.41) is 5.69. The zero-order valence-electron chi connectivity index (χ0n) is 33.7. The van der Waals surface area contributed by atoms with Crippen molar-refractivity contribution in [3.63, 3.8) is 0 Å². The lowest BCUT2D eigenvalue weighted by molar-refractivity contribution is -0.152. The van der Waals surface area contributed by atoms with Crippen molar-refractivity contribution in [2.45, 2.75) is 62.4 Å². The second-order valence-corrected chi connectivity index (χ2v) is 15.8. The molecule has 5 aromatic carbocycles. The normalized spacial score (nSPS) is 16.4. The number of methoxy groups -OCH3 is 1. The van der Waals surface area contributed by atoms with Gasteiger partial charge in [-0.1, -0.05) is 54.6 Å². The zero-order valence-corrected chi connectivity index (χ0v) is 34.5. The summed E-state index contributed by atoms with van der Waals surface area (Å²) in [5.41, 5.74) is 5.25. The van der Waals surface area contributed by atoms with Gasteiger partial charge in [0.1, 0.15) is 24.0 Å². The summed E-state index contributed by atoms with van der Waals surface area (Å²) in [7, 11) is 5.81. The number of hydrogen-bond donors (Lipinski definition) is 2.